The lowest BCUT2D eigenvalue weighted by molar-refractivity contribution is 0.298. The first-order valence-electron chi connectivity index (χ1n) is 5.95. The summed E-state index contributed by atoms with van der Waals surface area (Å²) in [5.41, 5.74) is 1.45. The number of ether oxygens (including phenoxy) is 1. The zero-order valence-electron chi connectivity index (χ0n) is 10.3. The molecule has 0 aromatic heterocycles. The number of hydrogen-bond acceptors (Lipinski definition) is 2. The molecule has 2 aromatic carbocycles. The van der Waals surface area contributed by atoms with Crippen LogP contribution in [0.4, 0.5) is 8.78 Å². The Morgan fingerprint density at radius 3 is 2.11 bits per heavy atom. The van der Waals surface area contributed by atoms with Crippen molar-refractivity contribution in [1.82, 2.24) is 0 Å². The van der Waals surface area contributed by atoms with E-state index < -0.39 is 11.6 Å². The van der Waals surface area contributed by atoms with Crippen molar-refractivity contribution >= 4 is 0 Å². The van der Waals surface area contributed by atoms with Gasteiger partial charge in [0, 0.05) is 12.7 Å². The Balaban J connectivity index is 1.98. The first-order valence-corrected chi connectivity index (χ1v) is 5.95. The molecule has 2 rings (SSSR count). The van der Waals surface area contributed by atoms with E-state index in [0.717, 1.165) is 11.6 Å². The van der Waals surface area contributed by atoms with Crippen LogP contribution in [0.2, 0.25) is 0 Å². The van der Waals surface area contributed by atoms with Gasteiger partial charge in [-0.1, -0.05) is 12.1 Å². The van der Waals surface area contributed by atoms with Gasteiger partial charge in [0.05, 0.1) is 0 Å². The number of aliphatic hydroxyl groups is 1. The third-order valence-electron chi connectivity index (χ3n) is 2.65. The van der Waals surface area contributed by atoms with Crippen molar-refractivity contribution in [1.29, 1.82) is 0 Å². The summed E-state index contributed by atoms with van der Waals surface area (Å²) in [5, 5.41) is 8.79. The molecule has 0 aliphatic heterocycles. The van der Waals surface area contributed by atoms with Crippen LogP contribution in [0.15, 0.2) is 42.5 Å². The normalized spacial score (nSPS) is 10.5. The molecule has 2 aromatic rings. The molecule has 0 fully saturated rings. The van der Waals surface area contributed by atoms with Crippen LogP contribution in [0.3, 0.4) is 0 Å². The monoisotopic (exact) mass is 264 g/mol. The van der Waals surface area contributed by atoms with Gasteiger partial charge in [0.25, 0.3) is 0 Å². The summed E-state index contributed by atoms with van der Waals surface area (Å²) in [6.07, 6.45) is 0.593. The number of rotatable bonds is 5. The van der Waals surface area contributed by atoms with Gasteiger partial charge in [-0.25, -0.2) is 8.78 Å². The lowest BCUT2D eigenvalue weighted by Crippen LogP contribution is -1.97. The highest BCUT2D eigenvalue weighted by Crippen LogP contribution is 2.15. The van der Waals surface area contributed by atoms with Crippen LogP contribution < -0.4 is 4.74 Å². The molecule has 0 unspecified atom stereocenters. The molecular weight excluding hydrogens is 250 g/mol. The van der Waals surface area contributed by atoms with Crippen molar-refractivity contribution in [2.24, 2.45) is 0 Å². The fourth-order valence-electron chi connectivity index (χ4n) is 1.74. The van der Waals surface area contributed by atoms with Gasteiger partial charge < -0.3 is 9.84 Å². The van der Waals surface area contributed by atoms with Gasteiger partial charge in [-0.3, -0.25) is 0 Å². The van der Waals surface area contributed by atoms with Crippen molar-refractivity contribution in [3.63, 3.8) is 0 Å². The zero-order valence-corrected chi connectivity index (χ0v) is 10.3. The third kappa shape index (κ3) is 4.03. The Morgan fingerprint density at radius 2 is 1.53 bits per heavy atom. The maximum atomic E-state index is 13.0. The Hall–Kier alpha value is -1.94. The van der Waals surface area contributed by atoms with Crippen LogP contribution in [0.25, 0.3) is 0 Å². The number of hydrogen-bond donors (Lipinski definition) is 1. The largest absolute Gasteiger partial charge is 0.489 e. The quantitative estimate of drug-likeness (QED) is 0.899. The van der Waals surface area contributed by atoms with Crippen LogP contribution in [0, 0.1) is 11.6 Å². The van der Waals surface area contributed by atoms with Crippen LogP contribution in [0.5, 0.6) is 5.75 Å². The smallest absolute Gasteiger partial charge is 0.126 e. The van der Waals surface area contributed by atoms with E-state index in [1.54, 1.807) is 12.1 Å². The van der Waals surface area contributed by atoms with Crippen LogP contribution >= 0.6 is 0 Å². The predicted molar refractivity (Wildman–Crippen MR) is 67.9 cm³/mol. The molecule has 2 nitrogen and oxygen atoms in total. The molecule has 0 amide bonds. The zero-order chi connectivity index (χ0) is 13.7. The van der Waals surface area contributed by atoms with Gasteiger partial charge in [-0.2, -0.15) is 0 Å². The summed E-state index contributed by atoms with van der Waals surface area (Å²) in [7, 11) is 0. The maximum Gasteiger partial charge on any atom is 0.126 e. The fourth-order valence-corrected chi connectivity index (χ4v) is 1.74. The van der Waals surface area contributed by atoms with Gasteiger partial charge in [0.15, 0.2) is 0 Å². The highest BCUT2D eigenvalue weighted by atomic mass is 19.1. The SMILES string of the molecule is OCCc1ccc(OCc2cc(F)cc(F)c2)cc1. The number of halogens is 2. The molecule has 0 aliphatic rings. The lowest BCUT2D eigenvalue weighted by Gasteiger charge is -2.07. The van der Waals surface area contributed by atoms with Crippen LogP contribution in [-0.2, 0) is 13.0 Å². The summed E-state index contributed by atoms with van der Waals surface area (Å²) in [4.78, 5) is 0. The van der Waals surface area contributed by atoms with Crippen molar-refractivity contribution < 1.29 is 18.6 Å². The van der Waals surface area contributed by atoms with Crippen molar-refractivity contribution in [2.75, 3.05) is 6.61 Å². The van der Waals surface area contributed by atoms with E-state index >= 15 is 0 Å². The van der Waals surface area contributed by atoms with E-state index in [4.69, 9.17) is 9.84 Å². The molecule has 0 radical (unpaired) electrons. The Morgan fingerprint density at radius 1 is 0.895 bits per heavy atom. The molecule has 1 N–H and O–H groups in total. The minimum atomic E-state index is -0.614. The first kappa shape index (κ1) is 13.5. The van der Waals surface area contributed by atoms with E-state index in [-0.39, 0.29) is 13.2 Å². The lowest BCUT2D eigenvalue weighted by atomic mass is 10.1. The first-order chi connectivity index (χ1) is 9.17. The second-order valence-electron chi connectivity index (χ2n) is 4.18. The highest BCUT2D eigenvalue weighted by Gasteiger charge is 2.02. The van der Waals surface area contributed by atoms with E-state index in [9.17, 15) is 8.78 Å². The summed E-state index contributed by atoms with van der Waals surface area (Å²) >= 11 is 0. The standard InChI is InChI=1S/C15H14F2O2/c16-13-7-12(8-14(17)9-13)10-19-15-3-1-11(2-4-15)5-6-18/h1-4,7-9,18H,5-6,10H2. The van der Waals surface area contributed by atoms with Crippen LogP contribution in [0.1, 0.15) is 11.1 Å². The summed E-state index contributed by atoms with van der Waals surface area (Å²) < 4.78 is 31.4. The minimum Gasteiger partial charge on any atom is -0.489 e. The second-order valence-corrected chi connectivity index (χ2v) is 4.18. The van der Waals surface area contributed by atoms with Crippen LogP contribution in [-0.4, -0.2) is 11.7 Å². The van der Waals surface area contributed by atoms with Crippen molar-refractivity contribution in [2.45, 2.75) is 13.0 Å². The average Bonchev–Trinajstić information content (AvgIpc) is 2.37. The van der Waals surface area contributed by atoms with Gasteiger partial charge in [-0.15, -0.1) is 0 Å². The number of aliphatic hydroxyl groups excluding tert-OH is 1. The Kier molecular flexibility index (Phi) is 4.47. The molecule has 0 spiro atoms. The Bertz CT molecular complexity index is 518. The van der Waals surface area contributed by atoms with E-state index in [2.05, 4.69) is 0 Å². The second kappa shape index (κ2) is 6.29. The molecule has 19 heavy (non-hydrogen) atoms. The van der Waals surface area contributed by atoms with Gasteiger partial charge >= 0.3 is 0 Å². The molecule has 0 heterocycles. The molecule has 0 atom stereocenters. The van der Waals surface area contributed by atoms with E-state index in [1.807, 2.05) is 12.1 Å². The van der Waals surface area contributed by atoms with Crippen molar-refractivity contribution in [3.05, 3.63) is 65.2 Å². The molecule has 0 aliphatic carbocycles. The molecular formula is C15H14F2O2. The van der Waals surface area contributed by atoms with Crippen molar-refractivity contribution in [3.8, 4) is 5.75 Å². The summed E-state index contributed by atoms with van der Waals surface area (Å²) in [6, 6.07) is 10.5. The third-order valence-corrected chi connectivity index (χ3v) is 2.65. The fraction of sp³-hybridized carbons (Fsp3) is 0.200. The minimum absolute atomic E-state index is 0.1000. The molecule has 100 valence electrons. The molecule has 0 bridgehead atoms. The summed E-state index contributed by atoms with van der Waals surface area (Å²) in [5.74, 6) is -0.611. The Labute approximate surface area is 110 Å². The van der Waals surface area contributed by atoms with Gasteiger partial charge in [0.2, 0.25) is 0 Å². The predicted octanol–water partition coefficient (Wildman–Crippen LogP) is 3.08. The van der Waals surface area contributed by atoms with E-state index in [0.29, 0.717) is 17.7 Å². The van der Waals surface area contributed by atoms with Gasteiger partial charge in [0.1, 0.15) is 24.0 Å². The highest BCUT2D eigenvalue weighted by molar-refractivity contribution is 5.28. The molecule has 0 saturated carbocycles. The average molecular weight is 264 g/mol. The molecule has 0 saturated heterocycles. The summed E-state index contributed by atoms with van der Waals surface area (Å²) in [6.45, 7) is 0.205. The van der Waals surface area contributed by atoms with E-state index in [1.165, 1.54) is 12.1 Å². The maximum absolute atomic E-state index is 13.0. The number of benzene rings is 2. The molecule has 4 heteroatoms. The topological polar surface area (TPSA) is 29.5 Å². The van der Waals surface area contributed by atoms with Gasteiger partial charge in [-0.05, 0) is 41.8 Å².